The molecule has 1 fully saturated rings. The monoisotopic (exact) mass is 412 g/mol. The molecule has 28 heavy (non-hydrogen) atoms. The van der Waals surface area contributed by atoms with Gasteiger partial charge in [-0.05, 0) is 49.9 Å². The van der Waals surface area contributed by atoms with Crippen molar-refractivity contribution in [1.82, 2.24) is 9.55 Å². The van der Waals surface area contributed by atoms with E-state index < -0.39 is 17.9 Å². The maximum Gasteiger partial charge on any atom is 0.391 e. The zero-order valence-corrected chi connectivity index (χ0v) is 16.1. The van der Waals surface area contributed by atoms with Crippen LogP contribution in [-0.2, 0) is 0 Å². The van der Waals surface area contributed by atoms with Crippen molar-refractivity contribution in [3.63, 3.8) is 0 Å². The summed E-state index contributed by atoms with van der Waals surface area (Å²) in [6, 6.07) is 5.57. The molecule has 1 saturated carbocycles. The highest BCUT2D eigenvalue weighted by Crippen LogP contribution is 2.44. The SMILES string of the molecule is CC1CSc2c1nc([C@H]1CC[C@@H](C(F)(F)F)CC1)n(-c1ccc(F)cc1)c2=O. The summed E-state index contributed by atoms with van der Waals surface area (Å²) in [5.74, 6) is -0.545. The molecule has 3 nitrogen and oxygen atoms in total. The molecule has 0 saturated heterocycles. The number of rotatable bonds is 2. The third-order valence-corrected chi connectivity index (χ3v) is 7.02. The Labute approximate surface area is 164 Å². The van der Waals surface area contributed by atoms with Crippen LogP contribution in [-0.4, -0.2) is 21.5 Å². The summed E-state index contributed by atoms with van der Waals surface area (Å²) in [7, 11) is 0. The van der Waals surface area contributed by atoms with E-state index in [9.17, 15) is 22.4 Å². The fraction of sp³-hybridized carbons (Fsp3) is 0.500. The Morgan fingerprint density at radius 3 is 2.36 bits per heavy atom. The normalized spacial score (nSPS) is 25.0. The van der Waals surface area contributed by atoms with Crippen molar-refractivity contribution in [1.29, 1.82) is 0 Å². The fourth-order valence-electron chi connectivity index (χ4n) is 4.09. The van der Waals surface area contributed by atoms with Crippen LogP contribution in [0, 0.1) is 11.7 Å². The van der Waals surface area contributed by atoms with Gasteiger partial charge in [0, 0.05) is 17.6 Å². The lowest BCUT2D eigenvalue weighted by Gasteiger charge is -2.31. The van der Waals surface area contributed by atoms with Crippen LogP contribution >= 0.6 is 11.8 Å². The van der Waals surface area contributed by atoms with Crippen LogP contribution in [0.3, 0.4) is 0 Å². The van der Waals surface area contributed by atoms with E-state index in [-0.39, 0.29) is 30.2 Å². The van der Waals surface area contributed by atoms with Gasteiger partial charge in [0.15, 0.2) is 0 Å². The molecule has 4 rings (SSSR count). The van der Waals surface area contributed by atoms with Gasteiger partial charge in [-0.2, -0.15) is 13.2 Å². The van der Waals surface area contributed by atoms with Crippen LogP contribution in [0.2, 0.25) is 0 Å². The molecule has 0 amide bonds. The number of fused-ring (bicyclic) bond motifs is 1. The summed E-state index contributed by atoms with van der Waals surface area (Å²) in [4.78, 5) is 18.6. The predicted octanol–water partition coefficient (Wildman–Crippen LogP) is 5.42. The molecule has 0 bridgehead atoms. The van der Waals surface area contributed by atoms with Gasteiger partial charge in [0.05, 0.1) is 22.2 Å². The zero-order chi connectivity index (χ0) is 20.1. The molecule has 1 aromatic carbocycles. The van der Waals surface area contributed by atoms with Gasteiger partial charge in [0.2, 0.25) is 0 Å². The van der Waals surface area contributed by atoms with Gasteiger partial charge in [0.25, 0.3) is 5.56 Å². The Bertz CT molecular complexity index is 931. The molecular formula is C20H20F4N2OS. The van der Waals surface area contributed by atoms with Gasteiger partial charge in [-0.15, -0.1) is 11.8 Å². The van der Waals surface area contributed by atoms with Crippen LogP contribution in [0.15, 0.2) is 34.0 Å². The van der Waals surface area contributed by atoms with E-state index in [1.165, 1.54) is 40.6 Å². The Morgan fingerprint density at radius 2 is 1.75 bits per heavy atom. The number of alkyl halides is 3. The van der Waals surface area contributed by atoms with Crippen LogP contribution in [0.5, 0.6) is 0 Å². The molecule has 1 aromatic heterocycles. The maximum atomic E-state index is 13.4. The third kappa shape index (κ3) is 3.47. The van der Waals surface area contributed by atoms with E-state index in [0.717, 1.165) is 11.4 Å². The molecule has 2 heterocycles. The molecule has 0 spiro atoms. The van der Waals surface area contributed by atoms with Crippen LogP contribution in [0.25, 0.3) is 5.69 Å². The highest BCUT2D eigenvalue weighted by atomic mass is 32.2. The smallest absolute Gasteiger partial charge is 0.268 e. The maximum absolute atomic E-state index is 13.4. The van der Waals surface area contributed by atoms with Crippen LogP contribution in [0.1, 0.15) is 56.0 Å². The minimum absolute atomic E-state index is 0.0366. The minimum atomic E-state index is -4.18. The highest BCUT2D eigenvalue weighted by molar-refractivity contribution is 7.99. The first-order chi connectivity index (χ1) is 13.3. The Kier molecular flexibility index (Phi) is 5.02. The van der Waals surface area contributed by atoms with E-state index in [1.807, 2.05) is 6.92 Å². The first kappa shape index (κ1) is 19.5. The van der Waals surface area contributed by atoms with Crippen LogP contribution < -0.4 is 5.56 Å². The molecule has 150 valence electrons. The Morgan fingerprint density at radius 1 is 1.11 bits per heavy atom. The first-order valence-corrected chi connectivity index (χ1v) is 10.4. The number of thioether (sulfide) groups is 1. The lowest BCUT2D eigenvalue weighted by molar-refractivity contribution is -0.182. The van der Waals surface area contributed by atoms with Crippen molar-refractivity contribution >= 4 is 11.8 Å². The molecule has 1 aliphatic heterocycles. The van der Waals surface area contributed by atoms with Gasteiger partial charge in [-0.25, -0.2) is 9.37 Å². The second-order valence-electron chi connectivity index (χ2n) is 7.60. The quantitative estimate of drug-likeness (QED) is 0.618. The third-order valence-electron chi connectivity index (χ3n) is 5.68. The number of aromatic nitrogens is 2. The summed E-state index contributed by atoms with van der Waals surface area (Å²) in [5, 5.41) is 0. The summed E-state index contributed by atoms with van der Waals surface area (Å²) >= 11 is 1.46. The van der Waals surface area contributed by atoms with Crippen molar-refractivity contribution in [2.24, 2.45) is 5.92 Å². The second kappa shape index (κ2) is 7.21. The van der Waals surface area contributed by atoms with Gasteiger partial charge in [-0.3, -0.25) is 9.36 Å². The molecule has 1 atom stereocenters. The summed E-state index contributed by atoms with van der Waals surface area (Å²) in [6.07, 6.45) is -3.45. The van der Waals surface area contributed by atoms with E-state index in [2.05, 4.69) is 0 Å². The summed E-state index contributed by atoms with van der Waals surface area (Å²) in [5.41, 5.74) is 1.02. The number of benzene rings is 1. The number of hydrogen-bond donors (Lipinski definition) is 0. The first-order valence-electron chi connectivity index (χ1n) is 9.38. The highest BCUT2D eigenvalue weighted by Gasteiger charge is 2.42. The van der Waals surface area contributed by atoms with E-state index in [0.29, 0.717) is 29.2 Å². The summed E-state index contributed by atoms with van der Waals surface area (Å²) < 4.78 is 54.0. The lowest BCUT2D eigenvalue weighted by Crippen LogP contribution is -2.31. The molecule has 8 heteroatoms. The molecule has 0 N–H and O–H groups in total. The number of hydrogen-bond acceptors (Lipinski definition) is 3. The fourth-order valence-corrected chi connectivity index (χ4v) is 5.27. The average Bonchev–Trinajstić information content (AvgIpc) is 3.03. The van der Waals surface area contributed by atoms with Gasteiger partial charge in [0.1, 0.15) is 11.6 Å². The van der Waals surface area contributed by atoms with Crippen molar-refractivity contribution < 1.29 is 17.6 Å². The van der Waals surface area contributed by atoms with Gasteiger partial charge >= 0.3 is 6.18 Å². The number of nitrogens with zero attached hydrogens (tertiary/aromatic N) is 2. The van der Waals surface area contributed by atoms with Gasteiger partial charge in [-0.1, -0.05) is 6.92 Å². The molecule has 2 aromatic rings. The molecule has 0 radical (unpaired) electrons. The van der Waals surface area contributed by atoms with Crippen molar-refractivity contribution in [3.05, 3.63) is 52.0 Å². The Hall–Kier alpha value is -1.83. The lowest BCUT2D eigenvalue weighted by atomic mass is 9.81. The summed E-state index contributed by atoms with van der Waals surface area (Å²) in [6.45, 7) is 2.00. The van der Waals surface area contributed by atoms with Crippen molar-refractivity contribution in [2.75, 3.05) is 5.75 Å². The standard InChI is InChI=1S/C20H20F4N2OS/c1-11-10-28-17-16(11)25-18(12-2-4-13(5-3-12)20(22,23)24)26(19(17)27)15-8-6-14(21)7-9-15/h6-9,11-13H,2-5,10H2,1H3/t11?,12-,13+. The van der Waals surface area contributed by atoms with E-state index in [4.69, 9.17) is 4.98 Å². The predicted molar refractivity (Wildman–Crippen MR) is 99.7 cm³/mol. The topological polar surface area (TPSA) is 34.9 Å². The van der Waals surface area contributed by atoms with E-state index in [1.54, 1.807) is 0 Å². The van der Waals surface area contributed by atoms with Crippen molar-refractivity contribution in [2.45, 2.75) is 55.5 Å². The largest absolute Gasteiger partial charge is 0.391 e. The zero-order valence-electron chi connectivity index (χ0n) is 15.3. The van der Waals surface area contributed by atoms with Crippen molar-refractivity contribution in [3.8, 4) is 5.69 Å². The second-order valence-corrected chi connectivity index (χ2v) is 8.63. The minimum Gasteiger partial charge on any atom is -0.268 e. The Balaban J connectivity index is 1.78. The molecule has 2 aliphatic rings. The number of halogens is 4. The van der Waals surface area contributed by atoms with Gasteiger partial charge < -0.3 is 0 Å². The molecule has 1 aliphatic carbocycles. The van der Waals surface area contributed by atoms with Crippen LogP contribution in [0.4, 0.5) is 17.6 Å². The average molecular weight is 412 g/mol. The molecule has 1 unspecified atom stereocenters. The molecular weight excluding hydrogens is 392 g/mol. The van der Waals surface area contributed by atoms with E-state index >= 15 is 0 Å².